The molecule has 0 saturated carbocycles. The van der Waals surface area contributed by atoms with E-state index in [0.29, 0.717) is 5.75 Å². The molecule has 0 fully saturated rings. The molecule has 0 spiro atoms. The second-order valence-electron chi connectivity index (χ2n) is 3.32. The zero-order valence-corrected chi connectivity index (χ0v) is 12.2. The fourth-order valence-corrected chi connectivity index (χ4v) is 4.31. The van der Waals surface area contributed by atoms with Crippen molar-refractivity contribution in [1.29, 1.82) is 0 Å². The van der Waals surface area contributed by atoms with E-state index in [9.17, 15) is 13.8 Å². The van der Waals surface area contributed by atoms with E-state index >= 15 is 0 Å². The smallest absolute Gasteiger partial charge is 0.440 e. The van der Waals surface area contributed by atoms with Crippen molar-refractivity contribution < 1.29 is 27.9 Å². The van der Waals surface area contributed by atoms with Gasteiger partial charge >= 0.3 is 12.8 Å². The van der Waals surface area contributed by atoms with Crippen LogP contribution in [0, 0.1) is 5.82 Å². The van der Waals surface area contributed by atoms with Crippen LogP contribution in [0.15, 0.2) is 18.2 Å². The van der Waals surface area contributed by atoms with Gasteiger partial charge in [0, 0.05) is 5.75 Å². The van der Waals surface area contributed by atoms with Gasteiger partial charge in [-0.1, -0.05) is 6.92 Å². The first-order valence-corrected chi connectivity index (χ1v) is 8.66. The maximum atomic E-state index is 13.5. The average molecular weight is 308 g/mol. The van der Waals surface area contributed by atoms with Gasteiger partial charge < -0.3 is 9.63 Å². The van der Waals surface area contributed by atoms with E-state index in [1.807, 2.05) is 0 Å². The molecule has 1 unspecified atom stereocenters. The monoisotopic (exact) mass is 308 g/mol. The van der Waals surface area contributed by atoms with Crippen molar-refractivity contribution in [2.75, 3.05) is 12.4 Å². The molecule has 0 heterocycles. The summed E-state index contributed by atoms with van der Waals surface area (Å²) in [5.74, 6) is -1.95. The summed E-state index contributed by atoms with van der Waals surface area (Å²) in [6, 6.07) is 3.04. The zero-order chi connectivity index (χ0) is 14.5. The summed E-state index contributed by atoms with van der Waals surface area (Å²) in [5, 5.41) is 8.82. The number of halogens is 1. The Morgan fingerprint density at radius 1 is 1.47 bits per heavy atom. The van der Waals surface area contributed by atoms with E-state index in [4.69, 9.17) is 14.2 Å². The fraction of sp³-hybridized carbons (Fsp3) is 0.364. The molecule has 1 aromatic rings. The summed E-state index contributed by atoms with van der Waals surface area (Å²) < 4.78 is 35.8. The van der Waals surface area contributed by atoms with Crippen LogP contribution in [0.2, 0.25) is 0 Å². The Hall–Kier alpha value is -1.04. The van der Waals surface area contributed by atoms with Crippen molar-refractivity contribution in [3.63, 3.8) is 0 Å². The molecule has 1 rings (SSSR count). The van der Waals surface area contributed by atoms with Crippen molar-refractivity contribution in [3.8, 4) is 5.75 Å². The fourth-order valence-electron chi connectivity index (χ4n) is 1.23. The zero-order valence-electron chi connectivity index (χ0n) is 10.5. The molecule has 0 amide bonds. The van der Waals surface area contributed by atoms with Gasteiger partial charge in [-0.2, -0.15) is 0 Å². The first kappa shape index (κ1) is 16.0. The molecule has 0 aliphatic heterocycles. The lowest BCUT2D eigenvalue weighted by Crippen LogP contribution is -2.01. The standard InChI is InChI=1S/C11H14FO5PS/c1-3-16-18(15,19-4-2)17-10-7-8(11(13)14)5-6-9(10)12/h5-7H,3-4H2,1-2H3,(H,13,14). The highest BCUT2D eigenvalue weighted by Gasteiger charge is 2.27. The van der Waals surface area contributed by atoms with E-state index < -0.39 is 24.3 Å². The Kier molecular flexibility index (Phi) is 5.85. The second kappa shape index (κ2) is 6.93. The lowest BCUT2D eigenvalue weighted by atomic mass is 10.2. The van der Waals surface area contributed by atoms with Gasteiger partial charge in [0.1, 0.15) is 0 Å². The summed E-state index contributed by atoms with van der Waals surface area (Å²) in [6.07, 6.45) is 0. The molecule has 1 atom stereocenters. The van der Waals surface area contributed by atoms with Gasteiger partial charge in [0.15, 0.2) is 11.6 Å². The van der Waals surface area contributed by atoms with Crippen LogP contribution >= 0.6 is 18.2 Å². The number of rotatable bonds is 7. The number of hydrogen-bond acceptors (Lipinski definition) is 5. The molecule has 19 heavy (non-hydrogen) atoms. The van der Waals surface area contributed by atoms with Crippen molar-refractivity contribution in [2.24, 2.45) is 0 Å². The third kappa shape index (κ3) is 4.53. The minimum absolute atomic E-state index is 0.143. The molecular weight excluding hydrogens is 294 g/mol. The van der Waals surface area contributed by atoms with E-state index in [2.05, 4.69) is 0 Å². The third-order valence-electron chi connectivity index (χ3n) is 1.96. The molecule has 5 nitrogen and oxygen atoms in total. The Morgan fingerprint density at radius 3 is 2.68 bits per heavy atom. The van der Waals surface area contributed by atoms with Gasteiger partial charge in [0.25, 0.3) is 0 Å². The van der Waals surface area contributed by atoms with Crippen LogP contribution in [0.3, 0.4) is 0 Å². The number of aromatic carboxylic acids is 1. The van der Waals surface area contributed by atoms with Crippen LogP contribution in [0.1, 0.15) is 24.2 Å². The van der Waals surface area contributed by atoms with Crippen LogP contribution in [-0.4, -0.2) is 23.4 Å². The minimum Gasteiger partial charge on any atom is -0.478 e. The molecule has 106 valence electrons. The minimum atomic E-state index is -3.53. The van der Waals surface area contributed by atoms with Gasteiger partial charge in [-0.3, -0.25) is 4.52 Å². The summed E-state index contributed by atoms with van der Waals surface area (Å²) in [6.45, 7) is -0.00228. The number of carboxylic acids is 1. The van der Waals surface area contributed by atoms with Crippen molar-refractivity contribution in [1.82, 2.24) is 0 Å². The number of hydrogen-bond donors (Lipinski definition) is 1. The molecular formula is C11H14FO5PS. The maximum Gasteiger partial charge on any atom is 0.440 e. The lowest BCUT2D eigenvalue weighted by Gasteiger charge is -2.17. The number of benzene rings is 1. The highest BCUT2D eigenvalue weighted by atomic mass is 32.7. The van der Waals surface area contributed by atoms with Gasteiger partial charge in [-0.05, 0) is 36.5 Å². The van der Waals surface area contributed by atoms with Crippen molar-refractivity contribution in [2.45, 2.75) is 13.8 Å². The van der Waals surface area contributed by atoms with Gasteiger partial charge in [-0.15, -0.1) is 0 Å². The van der Waals surface area contributed by atoms with Gasteiger partial charge in [-0.25, -0.2) is 13.8 Å². The first-order chi connectivity index (χ1) is 8.91. The van der Waals surface area contributed by atoms with E-state index in [1.165, 1.54) is 0 Å². The predicted octanol–water partition coefficient (Wildman–Crippen LogP) is 3.80. The van der Waals surface area contributed by atoms with E-state index in [1.54, 1.807) is 13.8 Å². The molecule has 0 aliphatic rings. The molecule has 0 radical (unpaired) electrons. The van der Waals surface area contributed by atoms with E-state index in [0.717, 1.165) is 29.6 Å². The normalized spacial score (nSPS) is 13.8. The van der Waals surface area contributed by atoms with Gasteiger partial charge in [0.2, 0.25) is 0 Å². The van der Waals surface area contributed by atoms with Crippen LogP contribution in [0.4, 0.5) is 4.39 Å². The van der Waals surface area contributed by atoms with Gasteiger partial charge in [0.05, 0.1) is 12.2 Å². The Balaban J connectivity index is 3.05. The first-order valence-electron chi connectivity index (χ1n) is 5.53. The van der Waals surface area contributed by atoms with Crippen LogP contribution in [-0.2, 0) is 9.09 Å². The molecule has 1 aromatic carbocycles. The number of carbonyl (C=O) groups is 1. The highest BCUT2D eigenvalue weighted by Crippen LogP contribution is 2.60. The molecule has 1 N–H and O–H groups in total. The Labute approximate surface area is 114 Å². The van der Waals surface area contributed by atoms with Crippen molar-refractivity contribution in [3.05, 3.63) is 29.6 Å². The second-order valence-corrected chi connectivity index (χ2v) is 7.61. The number of carboxylic acid groups (broad SMARTS) is 1. The van der Waals surface area contributed by atoms with Crippen LogP contribution < -0.4 is 4.52 Å². The largest absolute Gasteiger partial charge is 0.478 e. The van der Waals surface area contributed by atoms with Crippen LogP contribution in [0.5, 0.6) is 5.75 Å². The Bertz CT molecular complexity index is 498. The quantitative estimate of drug-likeness (QED) is 0.772. The molecule has 0 saturated heterocycles. The third-order valence-corrected chi connectivity index (χ3v) is 5.80. The summed E-state index contributed by atoms with van der Waals surface area (Å²) in [4.78, 5) is 10.8. The molecule has 8 heteroatoms. The molecule has 0 aliphatic carbocycles. The molecule has 0 bridgehead atoms. The average Bonchev–Trinajstić information content (AvgIpc) is 2.32. The SMILES string of the molecule is CCOP(=O)(Oc1cc(C(=O)O)ccc1F)SCC. The summed E-state index contributed by atoms with van der Waals surface area (Å²) >= 11 is 0.918. The summed E-state index contributed by atoms with van der Waals surface area (Å²) in [7, 11) is 0. The van der Waals surface area contributed by atoms with Crippen LogP contribution in [0.25, 0.3) is 0 Å². The maximum absolute atomic E-state index is 13.5. The highest BCUT2D eigenvalue weighted by molar-refractivity contribution is 8.55. The topological polar surface area (TPSA) is 72.8 Å². The van der Waals surface area contributed by atoms with Crippen molar-refractivity contribution >= 4 is 24.1 Å². The predicted molar refractivity (Wildman–Crippen MR) is 71.4 cm³/mol. The summed E-state index contributed by atoms with van der Waals surface area (Å²) in [5.41, 5.74) is -0.152. The Morgan fingerprint density at radius 2 is 2.16 bits per heavy atom. The lowest BCUT2D eigenvalue weighted by molar-refractivity contribution is 0.0696. The molecule has 0 aromatic heterocycles. The van der Waals surface area contributed by atoms with E-state index in [-0.39, 0.29) is 12.2 Å².